The number of likely N-dealkylation sites (tertiary alicyclic amines) is 1. The Morgan fingerprint density at radius 3 is 2.17 bits per heavy atom. The van der Waals surface area contributed by atoms with Crippen LogP contribution in [-0.4, -0.2) is 73.4 Å². The molecule has 0 amide bonds. The number of nitrogens with zero attached hydrogens (tertiary/aromatic N) is 2. The highest BCUT2D eigenvalue weighted by Crippen LogP contribution is 2.33. The van der Waals surface area contributed by atoms with Crippen molar-refractivity contribution in [2.45, 2.75) is 77.2 Å². The molecule has 1 aromatic heterocycles. The van der Waals surface area contributed by atoms with Gasteiger partial charge in [0, 0.05) is 45.4 Å². The van der Waals surface area contributed by atoms with E-state index in [9.17, 15) is 19.2 Å². The molecule has 35 heavy (non-hydrogen) atoms. The van der Waals surface area contributed by atoms with Crippen molar-refractivity contribution in [2.75, 3.05) is 20.2 Å². The number of rotatable bonds is 7. The zero-order valence-corrected chi connectivity index (χ0v) is 20.7. The predicted octanol–water partition coefficient (Wildman–Crippen LogP) is 0.996. The summed E-state index contributed by atoms with van der Waals surface area (Å²) in [5, 5.41) is 0. The van der Waals surface area contributed by atoms with Gasteiger partial charge in [0.25, 0.3) is 0 Å². The summed E-state index contributed by atoms with van der Waals surface area (Å²) in [7, 11) is 2.06. The van der Waals surface area contributed by atoms with Crippen molar-refractivity contribution in [1.29, 1.82) is 0 Å². The second kappa shape index (κ2) is 11.6. The Kier molecular flexibility index (Phi) is 8.79. The minimum atomic E-state index is -1.20. The number of esters is 4. The first-order chi connectivity index (χ1) is 16.6. The van der Waals surface area contributed by atoms with E-state index in [0.717, 1.165) is 24.9 Å². The standard InChI is InChI=1S/C24H33N2O9/c1-14(27)31-13-20-21(32-15(2)28)22(33-16(3)29)23(34-17(4)30)24(35-20)26-11-6-8-18(12-26)19-9-7-10-25(19)5/h6,8,11-12,19-24H,7,9-10,13H2,1-5H3/q+1/t19-,20+,21+,22-,23+,24+/m0/s1. The normalized spacial score (nSPS) is 28.7. The molecule has 2 saturated heterocycles. The zero-order valence-electron chi connectivity index (χ0n) is 20.7. The summed E-state index contributed by atoms with van der Waals surface area (Å²) in [4.78, 5) is 49.7. The first kappa shape index (κ1) is 26.6. The fourth-order valence-corrected chi connectivity index (χ4v) is 4.64. The molecule has 0 unspecified atom stereocenters. The van der Waals surface area contributed by atoms with Gasteiger partial charge in [0.05, 0.1) is 0 Å². The maximum atomic E-state index is 12.1. The van der Waals surface area contributed by atoms with E-state index in [1.807, 2.05) is 18.3 Å². The quantitative estimate of drug-likeness (QED) is 0.309. The lowest BCUT2D eigenvalue weighted by atomic mass is 9.96. The molecule has 0 spiro atoms. The largest absolute Gasteiger partial charge is 0.463 e. The zero-order chi connectivity index (χ0) is 25.7. The van der Waals surface area contributed by atoms with E-state index in [0.29, 0.717) is 0 Å². The SMILES string of the molecule is CC(=O)OC[C@H]1O[C@@H]([n+]2cccc([C@@H]3CCCN3C)c2)[C@H](OC(C)=O)[C@@H](OC(C)=O)[C@@H]1OC(C)=O. The van der Waals surface area contributed by atoms with Crippen molar-refractivity contribution in [3.8, 4) is 0 Å². The van der Waals surface area contributed by atoms with Crippen LogP contribution in [0.4, 0.5) is 0 Å². The first-order valence-corrected chi connectivity index (χ1v) is 11.6. The molecule has 1 aromatic rings. The highest BCUT2D eigenvalue weighted by atomic mass is 16.7. The maximum absolute atomic E-state index is 12.1. The van der Waals surface area contributed by atoms with Gasteiger partial charge in [0.1, 0.15) is 12.7 Å². The lowest BCUT2D eigenvalue weighted by Crippen LogP contribution is -2.65. The number of carbonyl (C=O) groups excluding carboxylic acids is 4. The van der Waals surface area contributed by atoms with Gasteiger partial charge in [-0.3, -0.25) is 24.1 Å². The molecule has 2 fully saturated rings. The maximum Gasteiger partial charge on any atom is 0.304 e. The summed E-state index contributed by atoms with van der Waals surface area (Å²) in [6.45, 7) is 5.57. The van der Waals surface area contributed by atoms with Gasteiger partial charge in [-0.2, -0.15) is 4.57 Å². The van der Waals surface area contributed by atoms with Gasteiger partial charge in [-0.1, -0.05) is 0 Å². The summed E-state index contributed by atoms with van der Waals surface area (Å²) < 4.78 is 29.6. The fourth-order valence-electron chi connectivity index (χ4n) is 4.64. The van der Waals surface area contributed by atoms with Gasteiger partial charge in [0.15, 0.2) is 24.6 Å². The first-order valence-electron chi connectivity index (χ1n) is 11.6. The van der Waals surface area contributed by atoms with Crippen LogP contribution in [0.3, 0.4) is 0 Å². The molecule has 11 nitrogen and oxygen atoms in total. The third-order valence-electron chi connectivity index (χ3n) is 6.01. The average Bonchev–Trinajstić information content (AvgIpc) is 3.20. The number of hydrogen-bond acceptors (Lipinski definition) is 10. The van der Waals surface area contributed by atoms with Crippen LogP contribution in [0.2, 0.25) is 0 Å². The second-order valence-corrected chi connectivity index (χ2v) is 8.81. The molecule has 3 heterocycles. The van der Waals surface area contributed by atoms with Gasteiger partial charge in [-0.05, 0) is 32.5 Å². The summed E-state index contributed by atoms with van der Waals surface area (Å²) >= 11 is 0. The number of hydrogen-bond donors (Lipinski definition) is 0. The molecular formula is C24H33N2O9+. The van der Waals surface area contributed by atoms with Crippen LogP contribution in [0.25, 0.3) is 0 Å². The molecule has 0 saturated carbocycles. The molecule has 2 aliphatic rings. The molecule has 0 N–H and O–H groups in total. The second-order valence-electron chi connectivity index (χ2n) is 8.81. The van der Waals surface area contributed by atoms with Crippen LogP contribution in [0, 0.1) is 0 Å². The molecule has 192 valence electrons. The Bertz CT molecular complexity index is 953. The van der Waals surface area contributed by atoms with E-state index in [2.05, 4.69) is 11.9 Å². The third kappa shape index (κ3) is 6.76. The van der Waals surface area contributed by atoms with E-state index in [4.69, 9.17) is 23.7 Å². The Balaban J connectivity index is 2.04. The van der Waals surface area contributed by atoms with Gasteiger partial charge >= 0.3 is 30.1 Å². The summed E-state index contributed by atoms with van der Waals surface area (Å²) in [5.74, 6) is -2.52. The molecule has 0 bridgehead atoms. The smallest absolute Gasteiger partial charge is 0.304 e. The van der Waals surface area contributed by atoms with Crippen LogP contribution in [-0.2, 0) is 42.9 Å². The van der Waals surface area contributed by atoms with Crippen LogP contribution >= 0.6 is 0 Å². The number of pyridine rings is 1. The highest BCUT2D eigenvalue weighted by molar-refractivity contribution is 5.68. The van der Waals surface area contributed by atoms with Crippen molar-refractivity contribution in [1.82, 2.24) is 4.90 Å². The Morgan fingerprint density at radius 2 is 1.60 bits per heavy atom. The molecule has 6 atom stereocenters. The van der Waals surface area contributed by atoms with Crippen molar-refractivity contribution < 1.29 is 47.4 Å². The van der Waals surface area contributed by atoms with Crippen molar-refractivity contribution in [3.63, 3.8) is 0 Å². The van der Waals surface area contributed by atoms with Crippen molar-refractivity contribution in [2.24, 2.45) is 0 Å². The summed E-state index contributed by atoms with van der Waals surface area (Å²) in [5.41, 5.74) is 1.04. The monoisotopic (exact) mass is 493 g/mol. The molecule has 0 radical (unpaired) electrons. The number of carbonyl (C=O) groups is 4. The van der Waals surface area contributed by atoms with Gasteiger partial charge in [-0.15, -0.1) is 0 Å². The third-order valence-corrected chi connectivity index (χ3v) is 6.01. The molecule has 2 aliphatic heterocycles. The van der Waals surface area contributed by atoms with E-state index in [1.54, 1.807) is 10.8 Å². The van der Waals surface area contributed by atoms with Crippen LogP contribution in [0.5, 0.6) is 0 Å². The van der Waals surface area contributed by atoms with E-state index in [-0.39, 0.29) is 12.6 Å². The van der Waals surface area contributed by atoms with Gasteiger partial charge in [-0.25, -0.2) is 0 Å². The highest BCUT2D eigenvalue weighted by Gasteiger charge is 2.56. The fraction of sp³-hybridized carbons (Fsp3) is 0.625. The van der Waals surface area contributed by atoms with Crippen LogP contribution in [0.15, 0.2) is 24.5 Å². The summed E-state index contributed by atoms with van der Waals surface area (Å²) in [6, 6.07) is 4.08. The number of aromatic nitrogens is 1. The van der Waals surface area contributed by atoms with Gasteiger partial charge in [0.2, 0.25) is 6.10 Å². The topological polar surface area (TPSA) is 122 Å². The van der Waals surface area contributed by atoms with Crippen LogP contribution < -0.4 is 4.57 Å². The Labute approximate surface area is 204 Å². The minimum absolute atomic E-state index is 0.216. The van der Waals surface area contributed by atoms with Crippen molar-refractivity contribution in [3.05, 3.63) is 30.1 Å². The lowest BCUT2D eigenvalue weighted by molar-refractivity contribution is -0.777. The predicted molar refractivity (Wildman–Crippen MR) is 118 cm³/mol. The molecule has 3 rings (SSSR count). The van der Waals surface area contributed by atoms with Crippen molar-refractivity contribution >= 4 is 23.9 Å². The molecule has 11 heteroatoms. The lowest BCUT2D eigenvalue weighted by Gasteiger charge is -2.41. The Morgan fingerprint density at radius 1 is 0.971 bits per heavy atom. The minimum Gasteiger partial charge on any atom is -0.463 e. The molecule has 0 aromatic carbocycles. The van der Waals surface area contributed by atoms with Gasteiger partial charge < -0.3 is 23.7 Å². The summed E-state index contributed by atoms with van der Waals surface area (Å²) in [6.07, 6.45) is 0.250. The number of ether oxygens (including phenoxy) is 5. The van der Waals surface area contributed by atoms with E-state index >= 15 is 0 Å². The average molecular weight is 494 g/mol. The van der Waals surface area contributed by atoms with E-state index < -0.39 is 54.5 Å². The molecular weight excluding hydrogens is 460 g/mol. The van der Waals surface area contributed by atoms with Crippen LogP contribution in [0.1, 0.15) is 58.4 Å². The van der Waals surface area contributed by atoms with E-state index in [1.165, 1.54) is 27.7 Å². The molecule has 0 aliphatic carbocycles. The Hall–Kier alpha value is -3.05.